The first kappa shape index (κ1) is 11.7. The van der Waals surface area contributed by atoms with Crippen LogP contribution in [0.4, 0.5) is 4.39 Å². The summed E-state index contributed by atoms with van der Waals surface area (Å²) < 4.78 is 19.9. The third-order valence-electron chi connectivity index (χ3n) is 2.69. The first-order chi connectivity index (χ1) is 8.58. The Morgan fingerprint density at radius 1 is 1.22 bits per heavy atom. The van der Waals surface area contributed by atoms with Crippen molar-refractivity contribution in [2.24, 2.45) is 0 Å². The Hall–Kier alpha value is -1.39. The highest BCUT2D eigenvalue weighted by molar-refractivity contribution is 9.10. The SMILES string of the molecule is O=c1c2ccc(Br)cc2oc2c(F)ccc(Cl)c12. The van der Waals surface area contributed by atoms with Gasteiger partial charge < -0.3 is 4.42 Å². The minimum absolute atomic E-state index is 0.0755. The van der Waals surface area contributed by atoms with Crippen LogP contribution in [0.15, 0.2) is 44.0 Å². The smallest absolute Gasteiger partial charge is 0.202 e. The summed E-state index contributed by atoms with van der Waals surface area (Å²) in [4.78, 5) is 12.2. The zero-order valence-corrected chi connectivity index (χ0v) is 11.2. The molecular formula is C13H5BrClFO2. The third kappa shape index (κ3) is 1.64. The van der Waals surface area contributed by atoms with Gasteiger partial charge in [-0.1, -0.05) is 27.5 Å². The predicted molar refractivity (Wildman–Crippen MR) is 72.7 cm³/mol. The van der Waals surface area contributed by atoms with Gasteiger partial charge in [-0.2, -0.15) is 0 Å². The molecule has 0 amide bonds. The van der Waals surface area contributed by atoms with Crippen LogP contribution in [0.25, 0.3) is 21.9 Å². The molecule has 1 aromatic heterocycles. The molecule has 18 heavy (non-hydrogen) atoms. The van der Waals surface area contributed by atoms with Crippen LogP contribution >= 0.6 is 27.5 Å². The highest BCUT2D eigenvalue weighted by Gasteiger charge is 2.14. The van der Waals surface area contributed by atoms with Crippen LogP contribution < -0.4 is 5.43 Å². The number of halogens is 3. The molecule has 0 unspecified atom stereocenters. The molecule has 0 fully saturated rings. The molecule has 5 heteroatoms. The van der Waals surface area contributed by atoms with Gasteiger partial charge in [0.1, 0.15) is 5.58 Å². The quantitative estimate of drug-likeness (QED) is 0.569. The van der Waals surface area contributed by atoms with Gasteiger partial charge in [0.25, 0.3) is 0 Å². The second kappa shape index (κ2) is 4.07. The van der Waals surface area contributed by atoms with Crippen molar-refractivity contribution in [3.05, 3.63) is 55.9 Å². The number of benzene rings is 2. The van der Waals surface area contributed by atoms with E-state index < -0.39 is 5.82 Å². The lowest BCUT2D eigenvalue weighted by Crippen LogP contribution is -2.03. The van der Waals surface area contributed by atoms with E-state index in [2.05, 4.69) is 15.9 Å². The Morgan fingerprint density at radius 3 is 2.78 bits per heavy atom. The zero-order chi connectivity index (χ0) is 12.9. The van der Waals surface area contributed by atoms with Crippen molar-refractivity contribution < 1.29 is 8.81 Å². The highest BCUT2D eigenvalue weighted by atomic mass is 79.9. The van der Waals surface area contributed by atoms with Crippen LogP contribution in [0.5, 0.6) is 0 Å². The molecule has 0 saturated heterocycles. The van der Waals surface area contributed by atoms with E-state index in [-0.39, 0.29) is 21.4 Å². The Labute approximate surface area is 114 Å². The summed E-state index contributed by atoms with van der Waals surface area (Å²) in [6.45, 7) is 0. The fraction of sp³-hybridized carbons (Fsp3) is 0. The standard InChI is InChI=1S/C13H5BrClFO2/c14-6-1-2-7-10(5-6)18-13-9(16)4-3-8(15)11(13)12(7)17/h1-5H. The molecule has 90 valence electrons. The Kier molecular flexibility index (Phi) is 2.64. The molecule has 0 aliphatic heterocycles. The zero-order valence-electron chi connectivity index (χ0n) is 8.84. The van der Waals surface area contributed by atoms with Crippen LogP contribution in [0.2, 0.25) is 5.02 Å². The molecule has 0 bridgehead atoms. The topological polar surface area (TPSA) is 30.2 Å². The van der Waals surface area contributed by atoms with Gasteiger partial charge in [-0.25, -0.2) is 4.39 Å². The van der Waals surface area contributed by atoms with Crippen LogP contribution in [0.3, 0.4) is 0 Å². The van der Waals surface area contributed by atoms with E-state index in [1.165, 1.54) is 12.1 Å². The second-order valence-corrected chi connectivity index (χ2v) is 5.13. The van der Waals surface area contributed by atoms with Crippen molar-refractivity contribution in [2.75, 3.05) is 0 Å². The lowest BCUT2D eigenvalue weighted by molar-refractivity contribution is 0.579. The van der Waals surface area contributed by atoms with Gasteiger partial charge in [0.15, 0.2) is 11.4 Å². The fourth-order valence-corrected chi connectivity index (χ4v) is 2.43. The minimum Gasteiger partial charge on any atom is -0.453 e. The monoisotopic (exact) mass is 326 g/mol. The van der Waals surface area contributed by atoms with Crippen LogP contribution in [-0.2, 0) is 0 Å². The largest absolute Gasteiger partial charge is 0.453 e. The molecule has 2 nitrogen and oxygen atoms in total. The number of hydrogen-bond acceptors (Lipinski definition) is 2. The van der Waals surface area contributed by atoms with Gasteiger partial charge in [-0.3, -0.25) is 4.79 Å². The fourth-order valence-electron chi connectivity index (χ4n) is 1.86. The molecule has 0 radical (unpaired) electrons. The van der Waals surface area contributed by atoms with Crippen molar-refractivity contribution in [1.82, 2.24) is 0 Å². The molecule has 0 spiro atoms. The molecule has 2 aromatic carbocycles. The maximum Gasteiger partial charge on any atom is 0.202 e. The van der Waals surface area contributed by atoms with Gasteiger partial charge >= 0.3 is 0 Å². The van der Waals surface area contributed by atoms with E-state index in [0.717, 1.165) is 4.47 Å². The number of rotatable bonds is 0. The maximum absolute atomic E-state index is 13.7. The van der Waals surface area contributed by atoms with Crippen LogP contribution in [0, 0.1) is 5.82 Å². The third-order valence-corrected chi connectivity index (χ3v) is 3.49. The van der Waals surface area contributed by atoms with Crippen molar-refractivity contribution >= 4 is 49.5 Å². The van der Waals surface area contributed by atoms with E-state index in [0.29, 0.717) is 11.0 Å². The van der Waals surface area contributed by atoms with Crippen molar-refractivity contribution in [3.63, 3.8) is 0 Å². The molecule has 1 heterocycles. The molecule has 0 atom stereocenters. The molecular weight excluding hydrogens is 322 g/mol. The van der Waals surface area contributed by atoms with Crippen molar-refractivity contribution in [3.8, 4) is 0 Å². The first-order valence-corrected chi connectivity index (χ1v) is 6.25. The second-order valence-electron chi connectivity index (χ2n) is 3.81. The summed E-state index contributed by atoms with van der Waals surface area (Å²) in [6.07, 6.45) is 0. The van der Waals surface area contributed by atoms with E-state index in [1.807, 2.05) is 0 Å². The van der Waals surface area contributed by atoms with Gasteiger partial charge in [0.2, 0.25) is 5.43 Å². The van der Waals surface area contributed by atoms with Gasteiger partial charge in [-0.15, -0.1) is 0 Å². The van der Waals surface area contributed by atoms with E-state index in [4.69, 9.17) is 16.0 Å². The van der Waals surface area contributed by atoms with Crippen LogP contribution in [-0.4, -0.2) is 0 Å². The van der Waals surface area contributed by atoms with E-state index in [1.54, 1.807) is 18.2 Å². The van der Waals surface area contributed by atoms with Gasteiger partial charge in [-0.05, 0) is 30.3 Å². The van der Waals surface area contributed by atoms with Gasteiger partial charge in [0, 0.05) is 4.47 Å². The lowest BCUT2D eigenvalue weighted by atomic mass is 10.1. The minimum atomic E-state index is -0.603. The van der Waals surface area contributed by atoms with Gasteiger partial charge in [0.05, 0.1) is 15.8 Å². The average molecular weight is 328 g/mol. The predicted octanol–water partition coefficient (Wildman–Crippen LogP) is 4.50. The summed E-state index contributed by atoms with van der Waals surface area (Å²) in [5, 5.41) is 0.634. The summed E-state index contributed by atoms with van der Waals surface area (Å²) in [5.41, 5.74) is -0.121. The first-order valence-electron chi connectivity index (χ1n) is 5.08. The van der Waals surface area contributed by atoms with Crippen LogP contribution in [0.1, 0.15) is 0 Å². The summed E-state index contributed by atoms with van der Waals surface area (Å²) >= 11 is 9.20. The van der Waals surface area contributed by atoms with Crippen molar-refractivity contribution in [2.45, 2.75) is 0 Å². The Bertz CT molecular complexity index is 842. The summed E-state index contributed by atoms with van der Waals surface area (Å²) in [7, 11) is 0. The normalized spacial score (nSPS) is 11.3. The van der Waals surface area contributed by atoms with E-state index >= 15 is 0 Å². The lowest BCUT2D eigenvalue weighted by Gasteiger charge is -2.04. The molecule has 0 saturated carbocycles. The molecule has 3 rings (SSSR count). The van der Waals surface area contributed by atoms with Crippen molar-refractivity contribution in [1.29, 1.82) is 0 Å². The number of hydrogen-bond donors (Lipinski definition) is 0. The maximum atomic E-state index is 13.7. The number of fused-ring (bicyclic) bond motifs is 2. The van der Waals surface area contributed by atoms with E-state index in [9.17, 15) is 9.18 Å². The Morgan fingerprint density at radius 2 is 2.00 bits per heavy atom. The molecule has 0 aliphatic rings. The average Bonchev–Trinajstić information content (AvgIpc) is 2.33. The summed E-state index contributed by atoms with van der Waals surface area (Å²) in [5.74, 6) is -0.603. The Balaban J connectivity index is 2.65. The highest BCUT2D eigenvalue weighted by Crippen LogP contribution is 2.27. The molecule has 0 N–H and O–H groups in total. The summed E-state index contributed by atoms with van der Waals surface area (Å²) in [6, 6.07) is 7.49. The molecule has 3 aromatic rings. The molecule has 0 aliphatic carbocycles.